The van der Waals surface area contributed by atoms with Gasteiger partial charge in [-0.05, 0) is 29.5 Å². The number of benzene rings is 1. The minimum Gasteiger partial charge on any atom is -0.325 e. The lowest BCUT2D eigenvalue weighted by Crippen LogP contribution is -2.11. The normalized spacial score (nSPS) is 11.8. The van der Waals surface area contributed by atoms with Crippen molar-refractivity contribution in [3.05, 3.63) is 41.2 Å². The van der Waals surface area contributed by atoms with Crippen molar-refractivity contribution in [2.24, 2.45) is 5.73 Å². The zero-order valence-corrected chi connectivity index (χ0v) is 12.1. The van der Waals surface area contributed by atoms with E-state index in [1.165, 1.54) is 5.56 Å². The lowest BCUT2D eigenvalue weighted by Gasteiger charge is -2.19. The molecule has 0 saturated carbocycles. The Labute approximate surface area is 114 Å². The minimum atomic E-state index is 0.164. The van der Waals surface area contributed by atoms with Crippen molar-refractivity contribution >= 4 is 0 Å². The van der Waals surface area contributed by atoms with Crippen LogP contribution in [-0.4, -0.2) is 15.0 Å². The molecule has 0 saturated heterocycles. The van der Waals surface area contributed by atoms with Crippen molar-refractivity contribution in [3.8, 4) is 5.69 Å². The summed E-state index contributed by atoms with van der Waals surface area (Å²) in [5, 5.41) is 8.35. The van der Waals surface area contributed by atoms with Crippen molar-refractivity contribution in [2.45, 2.75) is 46.1 Å². The Kier molecular flexibility index (Phi) is 3.71. The Balaban J connectivity index is 2.40. The summed E-state index contributed by atoms with van der Waals surface area (Å²) in [5.74, 6) is 0. The summed E-state index contributed by atoms with van der Waals surface area (Å²) in [6.07, 6.45) is 0.876. The van der Waals surface area contributed by atoms with Gasteiger partial charge in [-0.2, -0.15) is 0 Å². The fourth-order valence-electron chi connectivity index (χ4n) is 2.16. The van der Waals surface area contributed by atoms with Gasteiger partial charge in [0.1, 0.15) is 0 Å². The highest BCUT2D eigenvalue weighted by Crippen LogP contribution is 2.23. The van der Waals surface area contributed by atoms with Gasteiger partial charge in [0.15, 0.2) is 0 Å². The quantitative estimate of drug-likeness (QED) is 0.920. The van der Waals surface area contributed by atoms with Gasteiger partial charge in [0, 0.05) is 6.54 Å². The van der Waals surface area contributed by atoms with E-state index in [-0.39, 0.29) is 5.41 Å². The number of hydrogen-bond acceptors (Lipinski definition) is 3. The molecule has 2 rings (SSSR count). The van der Waals surface area contributed by atoms with Gasteiger partial charge in [0.2, 0.25) is 0 Å². The lowest BCUT2D eigenvalue weighted by atomic mass is 9.87. The standard InChI is InChI=1S/C15H22N4/c1-5-14-13(10-16)17-18-19(14)12-8-6-11(7-9-12)15(2,3)4/h6-9H,5,10,16H2,1-4H3. The highest BCUT2D eigenvalue weighted by Gasteiger charge is 2.15. The average molecular weight is 258 g/mol. The molecule has 4 heteroatoms. The summed E-state index contributed by atoms with van der Waals surface area (Å²) in [5.41, 5.74) is 10.2. The molecule has 4 nitrogen and oxygen atoms in total. The van der Waals surface area contributed by atoms with Crippen molar-refractivity contribution in [3.63, 3.8) is 0 Å². The fourth-order valence-corrected chi connectivity index (χ4v) is 2.16. The number of nitrogens with two attached hydrogens (primary N) is 1. The molecule has 0 aliphatic heterocycles. The predicted octanol–water partition coefficient (Wildman–Crippen LogP) is 2.59. The molecule has 2 N–H and O–H groups in total. The number of aromatic nitrogens is 3. The molecule has 19 heavy (non-hydrogen) atoms. The smallest absolute Gasteiger partial charge is 0.0999 e. The third kappa shape index (κ3) is 2.68. The third-order valence-corrected chi connectivity index (χ3v) is 3.35. The predicted molar refractivity (Wildman–Crippen MR) is 77.3 cm³/mol. The van der Waals surface area contributed by atoms with E-state index in [9.17, 15) is 0 Å². The van der Waals surface area contributed by atoms with E-state index >= 15 is 0 Å². The Morgan fingerprint density at radius 1 is 1.16 bits per heavy atom. The molecule has 0 unspecified atom stereocenters. The molecule has 102 valence electrons. The molecule has 0 fully saturated rings. The molecule has 0 atom stereocenters. The van der Waals surface area contributed by atoms with Crippen LogP contribution >= 0.6 is 0 Å². The first kappa shape index (κ1) is 13.7. The fraction of sp³-hybridized carbons (Fsp3) is 0.467. The van der Waals surface area contributed by atoms with Gasteiger partial charge in [-0.25, -0.2) is 4.68 Å². The van der Waals surface area contributed by atoms with Crippen LogP contribution in [0.2, 0.25) is 0 Å². The topological polar surface area (TPSA) is 56.7 Å². The van der Waals surface area contributed by atoms with Crippen molar-refractivity contribution in [2.75, 3.05) is 0 Å². The van der Waals surface area contributed by atoms with Crippen molar-refractivity contribution in [1.82, 2.24) is 15.0 Å². The molecule has 0 amide bonds. The second-order valence-electron chi connectivity index (χ2n) is 5.75. The monoisotopic (exact) mass is 258 g/mol. The van der Waals surface area contributed by atoms with E-state index in [1.54, 1.807) is 0 Å². The van der Waals surface area contributed by atoms with Gasteiger partial charge in [0.25, 0.3) is 0 Å². The van der Waals surface area contributed by atoms with E-state index in [4.69, 9.17) is 5.73 Å². The summed E-state index contributed by atoms with van der Waals surface area (Å²) < 4.78 is 1.88. The molecule has 0 bridgehead atoms. The summed E-state index contributed by atoms with van der Waals surface area (Å²) in [6, 6.07) is 8.49. The van der Waals surface area contributed by atoms with Crippen LogP contribution in [0.1, 0.15) is 44.6 Å². The van der Waals surface area contributed by atoms with Crippen LogP contribution in [0, 0.1) is 0 Å². The van der Waals surface area contributed by atoms with Crippen LogP contribution in [0.4, 0.5) is 0 Å². The third-order valence-electron chi connectivity index (χ3n) is 3.35. The summed E-state index contributed by atoms with van der Waals surface area (Å²) >= 11 is 0. The van der Waals surface area contributed by atoms with Crippen LogP contribution in [0.5, 0.6) is 0 Å². The second-order valence-corrected chi connectivity index (χ2v) is 5.75. The zero-order chi connectivity index (χ0) is 14.0. The maximum absolute atomic E-state index is 5.68. The van der Waals surface area contributed by atoms with Crippen LogP contribution in [0.3, 0.4) is 0 Å². The van der Waals surface area contributed by atoms with E-state index in [0.717, 1.165) is 23.5 Å². The van der Waals surface area contributed by atoms with Crippen LogP contribution < -0.4 is 5.73 Å². The summed E-state index contributed by atoms with van der Waals surface area (Å²) in [4.78, 5) is 0. The molecule has 0 aliphatic carbocycles. The summed E-state index contributed by atoms with van der Waals surface area (Å²) in [6.45, 7) is 9.16. The van der Waals surface area contributed by atoms with Gasteiger partial charge in [0.05, 0.1) is 17.1 Å². The highest BCUT2D eigenvalue weighted by molar-refractivity contribution is 5.38. The van der Waals surface area contributed by atoms with E-state index < -0.39 is 0 Å². The van der Waals surface area contributed by atoms with Crippen molar-refractivity contribution in [1.29, 1.82) is 0 Å². The molecule has 0 radical (unpaired) electrons. The van der Waals surface area contributed by atoms with E-state index in [1.807, 2.05) is 4.68 Å². The molecule has 1 heterocycles. The van der Waals surface area contributed by atoms with Gasteiger partial charge >= 0.3 is 0 Å². The van der Waals surface area contributed by atoms with Crippen LogP contribution in [-0.2, 0) is 18.4 Å². The highest BCUT2D eigenvalue weighted by atomic mass is 15.4. The maximum Gasteiger partial charge on any atom is 0.0999 e. The zero-order valence-electron chi connectivity index (χ0n) is 12.1. The number of hydrogen-bond donors (Lipinski definition) is 1. The Hall–Kier alpha value is -1.68. The Bertz CT molecular complexity index is 547. The molecule has 1 aromatic carbocycles. The lowest BCUT2D eigenvalue weighted by molar-refractivity contribution is 0.590. The SMILES string of the molecule is CCc1c(CN)nnn1-c1ccc(C(C)(C)C)cc1. The maximum atomic E-state index is 5.68. The second kappa shape index (κ2) is 5.13. The van der Waals surface area contributed by atoms with Gasteiger partial charge in [-0.15, -0.1) is 5.10 Å². The average Bonchev–Trinajstić information content (AvgIpc) is 2.80. The van der Waals surface area contributed by atoms with Gasteiger partial charge in [-0.1, -0.05) is 45.0 Å². The molecule has 0 spiro atoms. The van der Waals surface area contributed by atoms with E-state index in [2.05, 4.69) is 62.3 Å². The van der Waals surface area contributed by atoms with Crippen molar-refractivity contribution < 1.29 is 0 Å². The van der Waals surface area contributed by atoms with Gasteiger partial charge in [-0.3, -0.25) is 0 Å². The largest absolute Gasteiger partial charge is 0.325 e. The molecule has 0 aliphatic rings. The molecular weight excluding hydrogens is 236 g/mol. The first-order valence-corrected chi connectivity index (χ1v) is 6.71. The molecule has 2 aromatic rings. The molecular formula is C15H22N4. The number of nitrogens with zero attached hydrogens (tertiary/aromatic N) is 3. The minimum absolute atomic E-state index is 0.164. The Morgan fingerprint density at radius 2 is 1.79 bits per heavy atom. The summed E-state index contributed by atoms with van der Waals surface area (Å²) in [7, 11) is 0. The van der Waals surface area contributed by atoms with Crippen LogP contribution in [0.15, 0.2) is 24.3 Å². The first-order valence-electron chi connectivity index (χ1n) is 6.71. The van der Waals surface area contributed by atoms with E-state index in [0.29, 0.717) is 6.54 Å². The molecule has 1 aromatic heterocycles. The Morgan fingerprint density at radius 3 is 2.26 bits per heavy atom. The van der Waals surface area contributed by atoms with Gasteiger partial charge < -0.3 is 5.73 Å². The number of rotatable bonds is 3. The first-order chi connectivity index (χ1) is 8.97. The van der Waals surface area contributed by atoms with Crippen LogP contribution in [0.25, 0.3) is 5.69 Å².